The van der Waals surface area contributed by atoms with Crippen molar-refractivity contribution in [1.29, 1.82) is 0 Å². The Morgan fingerprint density at radius 1 is 1.62 bits per heavy atom. The van der Waals surface area contributed by atoms with Crippen LogP contribution >= 0.6 is 0 Å². The maximum atomic E-state index is 11.3. The molecule has 0 amide bonds. The number of esters is 1. The van der Waals surface area contributed by atoms with Crippen LogP contribution in [0, 0.1) is 5.92 Å². The van der Waals surface area contributed by atoms with E-state index in [2.05, 4.69) is 0 Å². The normalized spacial score (nSPS) is 34.2. The van der Waals surface area contributed by atoms with Crippen molar-refractivity contribution in [3.8, 4) is 0 Å². The lowest BCUT2D eigenvalue weighted by Gasteiger charge is -2.29. The van der Waals surface area contributed by atoms with E-state index in [-0.39, 0.29) is 17.9 Å². The second-order valence-corrected chi connectivity index (χ2v) is 3.49. The maximum absolute atomic E-state index is 11.3. The average molecular weight is 187 g/mol. The van der Waals surface area contributed by atoms with Crippen LogP contribution in [0.1, 0.15) is 26.2 Å². The molecule has 1 rings (SSSR count). The predicted molar refractivity (Wildman–Crippen MR) is 48.0 cm³/mol. The van der Waals surface area contributed by atoms with E-state index in [1.54, 1.807) is 6.92 Å². The van der Waals surface area contributed by atoms with Gasteiger partial charge in [-0.15, -0.1) is 0 Å². The minimum Gasteiger partial charge on any atom is -0.466 e. The molecule has 0 aromatic carbocycles. The SMILES string of the molecule is CCOC(=O)[C@@H]1CC[C@H](O)[C@@H](N)C1. The van der Waals surface area contributed by atoms with Gasteiger partial charge < -0.3 is 15.6 Å². The molecule has 0 bridgehead atoms. The molecule has 0 spiro atoms. The van der Waals surface area contributed by atoms with Crippen LogP contribution in [0.3, 0.4) is 0 Å². The number of ether oxygens (including phenoxy) is 1. The maximum Gasteiger partial charge on any atom is 0.308 e. The number of rotatable bonds is 2. The number of aliphatic hydroxyl groups excluding tert-OH is 1. The van der Waals surface area contributed by atoms with E-state index in [9.17, 15) is 9.90 Å². The Morgan fingerprint density at radius 2 is 2.31 bits per heavy atom. The summed E-state index contributed by atoms with van der Waals surface area (Å²) in [7, 11) is 0. The summed E-state index contributed by atoms with van der Waals surface area (Å²) in [6, 6.07) is -0.275. The largest absolute Gasteiger partial charge is 0.466 e. The van der Waals surface area contributed by atoms with Gasteiger partial charge in [-0.1, -0.05) is 0 Å². The number of carbonyl (C=O) groups excluding carboxylic acids is 1. The molecule has 0 radical (unpaired) electrons. The molecule has 0 heterocycles. The van der Waals surface area contributed by atoms with Crippen LogP contribution in [0.4, 0.5) is 0 Å². The van der Waals surface area contributed by atoms with Crippen molar-refractivity contribution in [1.82, 2.24) is 0 Å². The van der Waals surface area contributed by atoms with Gasteiger partial charge in [0.1, 0.15) is 0 Å². The molecule has 1 aliphatic rings. The Labute approximate surface area is 78.1 Å². The molecule has 13 heavy (non-hydrogen) atoms. The summed E-state index contributed by atoms with van der Waals surface area (Å²) in [6.07, 6.45) is 1.38. The standard InChI is InChI=1S/C9H17NO3/c1-2-13-9(12)6-3-4-8(11)7(10)5-6/h6-8,11H,2-5,10H2,1H3/t6-,7+,8+/m1/s1. The lowest BCUT2D eigenvalue weighted by molar-refractivity contribution is -0.150. The van der Waals surface area contributed by atoms with E-state index in [1.807, 2.05) is 0 Å². The smallest absolute Gasteiger partial charge is 0.308 e. The van der Waals surface area contributed by atoms with Crippen LogP contribution in [0.5, 0.6) is 0 Å². The predicted octanol–water partition coefficient (Wildman–Crippen LogP) is 0.0378. The number of hydrogen-bond donors (Lipinski definition) is 2. The van der Waals surface area contributed by atoms with Gasteiger partial charge in [0.2, 0.25) is 0 Å². The van der Waals surface area contributed by atoms with Crippen LogP contribution in [0.2, 0.25) is 0 Å². The Morgan fingerprint density at radius 3 is 2.85 bits per heavy atom. The molecule has 76 valence electrons. The van der Waals surface area contributed by atoms with E-state index in [4.69, 9.17) is 10.5 Å². The molecule has 0 aliphatic heterocycles. The number of aliphatic hydroxyl groups is 1. The first-order valence-electron chi connectivity index (χ1n) is 4.75. The zero-order chi connectivity index (χ0) is 9.84. The van der Waals surface area contributed by atoms with E-state index in [0.717, 1.165) is 0 Å². The van der Waals surface area contributed by atoms with Crippen molar-refractivity contribution in [2.75, 3.05) is 6.61 Å². The van der Waals surface area contributed by atoms with Crippen LogP contribution < -0.4 is 5.73 Å². The molecule has 3 N–H and O–H groups in total. The van der Waals surface area contributed by atoms with Gasteiger partial charge in [0.05, 0.1) is 18.6 Å². The Bertz CT molecular complexity index is 184. The zero-order valence-corrected chi connectivity index (χ0v) is 7.90. The second kappa shape index (κ2) is 4.58. The fraction of sp³-hybridized carbons (Fsp3) is 0.889. The van der Waals surface area contributed by atoms with Gasteiger partial charge in [-0.2, -0.15) is 0 Å². The van der Waals surface area contributed by atoms with E-state index in [0.29, 0.717) is 25.9 Å². The third-order valence-corrected chi connectivity index (χ3v) is 2.48. The molecule has 3 atom stereocenters. The van der Waals surface area contributed by atoms with Gasteiger partial charge >= 0.3 is 5.97 Å². The molecule has 0 aromatic heterocycles. The van der Waals surface area contributed by atoms with Crippen molar-refractivity contribution in [3.63, 3.8) is 0 Å². The molecule has 1 saturated carbocycles. The topological polar surface area (TPSA) is 72.5 Å². The zero-order valence-electron chi connectivity index (χ0n) is 7.90. The highest BCUT2D eigenvalue weighted by Gasteiger charge is 2.31. The summed E-state index contributed by atoms with van der Waals surface area (Å²) < 4.78 is 4.89. The molecule has 4 nitrogen and oxygen atoms in total. The molecule has 0 unspecified atom stereocenters. The number of nitrogens with two attached hydrogens (primary N) is 1. The highest BCUT2D eigenvalue weighted by Crippen LogP contribution is 2.24. The molecule has 0 saturated heterocycles. The molecule has 0 aromatic rings. The van der Waals surface area contributed by atoms with Crippen molar-refractivity contribution < 1.29 is 14.6 Å². The highest BCUT2D eigenvalue weighted by atomic mass is 16.5. The molecule has 1 fully saturated rings. The summed E-state index contributed by atoms with van der Waals surface area (Å²) in [5, 5.41) is 9.33. The monoisotopic (exact) mass is 187 g/mol. The summed E-state index contributed by atoms with van der Waals surface area (Å²) in [5.41, 5.74) is 5.64. The van der Waals surface area contributed by atoms with Crippen LogP contribution in [0.25, 0.3) is 0 Å². The Hall–Kier alpha value is -0.610. The van der Waals surface area contributed by atoms with Crippen molar-refractivity contribution in [2.45, 2.75) is 38.3 Å². The fourth-order valence-corrected chi connectivity index (χ4v) is 1.66. The lowest BCUT2D eigenvalue weighted by atomic mass is 9.84. The van der Waals surface area contributed by atoms with Gasteiger partial charge in [0.15, 0.2) is 0 Å². The van der Waals surface area contributed by atoms with Crippen LogP contribution in [-0.2, 0) is 9.53 Å². The number of carbonyl (C=O) groups is 1. The van der Waals surface area contributed by atoms with E-state index in [1.165, 1.54) is 0 Å². The average Bonchev–Trinajstić information content (AvgIpc) is 2.10. The van der Waals surface area contributed by atoms with E-state index < -0.39 is 6.10 Å². The first-order chi connectivity index (χ1) is 6.15. The van der Waals surface area contributed by atoms with Crippen molar-refractivity contribution >= 4 is 5.97 Å². The molecular formula is C9H17NO3. The van der Waals surface area contributed by atoms with Gasteiger partial charge in [0, 0.05) is 6.04 Å². The van der Waals surface area contributed by atoms with Gasteiger partial charge in [0.25, 0.3) is 0 Å². The third-order valence-electron chi connectivity index (χ3n) is 2.48. The fourth-order valence-electron chi connectivity index (χ4n) is 1.66. The first-order valence-corrected chi connectivity index (χ1v) is 4.75. The molecule has 1 aliphatic carbocycles. The number of hydrogen-bond acceptors (Lipinski definition) is 4. The van der Waals surface area contributed by atoms with Gasteiger partial charge in [-0.3, -0.25) is 4.79 Å². The quantitative estimate of drug-likeness (QED) is 0.598. The van der Waals surface area contributed by atoms with Crippen molar-refractivity contribution in [3.05, 3.63) is 0 Å². The summed E-state index contributed by atoms with van der Waals surface area (Å²) in [5.74, 6) is -0.289. The van der Waals surface area contributed by atoms with Crippen molar-refractivity contribution in [2.24, 2.45) is 11.7 Å². The van der Waals surface area contributed by atoms with Crippen LogP contribution in [-0.4, -0.2) is 29.8 Å². The highest BCUT2D eigenvalue weighted by molar-refractivity contribution is 5.72. The Kier molecular flexibility index (Phi) is 3.69. The van der Waals surface area contributed by atoms with Gasteiger partial charge in [-0.05, 0) is 26.2 Å². The minimum atomic E-state index is -0.453. The lowest BCUT2D eigenvalue weighted by Crippen LogP contribution is -2.42. The first kappa shape index (κ1) is 10.5. The van der Waals surface area contributed by atoms with E-state index >= 15 is 0 Å². The third kappa shape index (κ3) is 2.67. The summed E-state index contributed by atoms with van der Waals surface area (Å²) in [6.45, 7) is 2.20. The van der Waals surface area contributed by atoms with Crippen LogP contribution in [0.15, 0.2) is 0 Å². The second-order valence-electron chi connectivity index (χ2n) is 3.49. The molecular weight excluding hydrogens is 170 g/mol. The summed E-state index contributed by atoms with van der Waals surface area (Å²) in [4.78, 5) is 11.3. The van der Waals surface area contributed by atoms with Gasteiger partial charge in [-0.25, -0.2) is 0 Å². The Balaban J connectivity index is 2.40. The molecule has 4 heteroatoms. The summed E-state index contributed by atoms with van der Waals surface area (Å²) >= 11 is 0. The minimum absolute atomic E-state index is 0.113.